The maximum Gasteiger partial charge on any atom is 0.282 e. The Balaban J connectivity index is 1.84. The first-order valence-corrected chi connectivity index (χ1v) is 10.4. The van der Waals surface area contributed by atoms with Crippen molar-refractivity contribution in [3.8, 4) is 5.75 Å². The fourth-order valence-electron chi connectivity index (χ4n) is 3.67. The maximum atomic E-state index is 14.5. The van der Waals surface area contributed by atoms with E-state index in [0.29, 0.717) is 23.6 Å². The van der Waals surface area contributed by atoms with Crippen LogP contribution in [0.2, 0.25) is 0 Å². The average Bonchev–Trinajstić information content (AvgIpc) is 3.02. The molecule has 0 unspecified atom stereocenters. The zero-order chi connectivity index (χ0) is 22.8. The fourth-order valence-corrected chi connectivity index (χ4v) is 3.67. The molecule has 0 fully saturated rings. The van der Waals surface area contributed by atoms with E-state index in [9.17, 15) is 14.0 Å². The van der Waals surface area contributed by atoms with Gasteiger partial charge in [-0.3, -0.25) is 9.59 Å². The minimum absolute atomic E-state index is 0.0799. The molecule has 32 heavy (non-hydrogen) atoms. The maximum absolute atomic E-state index is 14.5. The van der Waals surface area contributed by atoms with Gasteiger partial charge in [0, 0.05) is 5.69 Å². The molecule has 162 valence electrons. The number of carbonyl (C=O) groups excluding carboxylic acids is 2. The van der Waals surface area contributed by atoms with Crippen molar-refractivity contribution in [2.24, 2.45) is 0 Å². The Kier molecular flexibility index (Phi) is 5.77. The van der Waals surface area contributed by atoms with Crippen LogP contribution in [-0.2, 0) is 9.59 Å². The number of anilines is 2. The monoisotopic (exact) mass is 430 g/mol. The number of aryl methyl sites for hydroxylation is 1. The molecule has 1 heterocycles. The number of hydrogen-bond donors (Lipinski definition) is 1. The summed E-state index contributed by atoms with van der Waals surface area (Å²) in [6.45, 7) is 6.30. The molecule has 6 heteroatoms. The molecule has 1 N–H and O–H groups in total. The molecular weight excluding hydrogens is 407 g/mol. The van der Waals surface area contributed by atoms with Crippen LogP contribution in [0.1, 0.15) is 23.6 Å². The van der Waals surface area contributed by atoms with Gasteiger partial charge in [0.05, 0.1) is 17.9 Å². The molecule has 0 aromatic heterocycles. The van der Waals surface area contributed by atoms with E-state index in [0.717, 1.165) is 16.0 Å². The van der Waals surface area contributed by atoms with Gasteiger partial charge in [-0.2, -0.15) is 0 Å². The van der Waals surface area contributed by atoms with E-state index in [-0.39, 0.29) is 17.0 Å². The van der Waals surface area contributed by atoms with Crippen LogP contribution in [-0.4, -0.2) is 18.4 Å². The largest absolute Gasteiger partial charge is 0.494 e. The molecule has 2 amide bonds. The number of imide groups is 1. The molecule has 1 aliphatic rings. The molecule has 0 spiro atoms. The van der Waals surface area contributed by atoms with Gasteiger partial charge >= 0.3 is 0 Å². The predicted octanol–water partition coefficient (Wildman–Crippen LogP) is 5.24. The summed E-state index contributed by atoms with van der Waals surface area (Å²) in [6, 6.07) is 18.4. The molecule has 0 saturated heterocycles. The van der Waals surface area contributed by atoms with Crippen LogP contribution >= 0.6 is 0 Å². The third-order valence-electron chi connectivity index (χ3n) is 5.50. The van der Waals surface area contributed by atoms with Gasteiger partial charge in [0.15, 0.2) is 0 Å². The number of nitrogens with zero attached hydrogens (tertiary/aromatic N) is 1. The van der Waals surface area contributed by atoms with Crippen LogP contribution < -0.4 is 15.0 Å². The zero-order valence-electron chi connectivity index (χ0n) is 18.1. The predicted molar refractivity (Wildman–Crippen MR) is 123 cm³/mol. The standard InChI is InChI=1S/C26H23FN2O3/c1-4-32-19-14-12-18(13-15-19)23-24(28-21-10-7-8-16(2)17(21)3)26(31)29(25(23)30)22-11-6-5-9-20(22)27/h5-15,28H,4H2,1-3H3. The van der Waals surface area contributed by atoms with Crippen molar-refractivity contribution in [3.63, 3.8) is 0 Å². The van der Waals surface area contributed by atoms with Crippen molar-refractivity contribution < 1.29 is 18.7 Å². The van der Waals surface area contributed by atoms with Crippen molar-refractivity contribution in [1.29, 1.82) is 0 Å². The Morgan fingerprint density at radius 2 is 1.62 bits per heavy atom. The van der Waals surface area contributed by atoms with Gasteiger partial charge in [0.2, 0.25) is 0 Å². The lowest BCUT2D eigenvalue weighted by Crippen LogP contribution is -2.33. The first-order chi connectivity index (χ1) is 15.4. The molecule has 5 nitrogen and oxygen atoms in total. The lowest BCUT2D eigenvalue weighted by atomic mass is 10.0. The number of halogens is 1. The second kappa shape index (κ2) is 8.67. The number of amides is 2. The Hall–Kier alpha value is -3.93. The Morgan fingerprint density at radius 3 is 2.31 bits per heavy atom. The molecule has 3 aromatic carbocycles. The number of nitrogens with one attached hydrogen (secondary N) is 1. The van der Waals surface area contributed by atoms with Crippen molar-refractivity contribution in [1.82, 2.24) is 0 Å². The lowest BCUT2D eigenvalue weighted by molar-refractivity contribution is -0.120. The van der Waals surface area contributed by atoms with Crippen molar-refractivity contribution in [3.05, 3.63) is 94.9 Å². The highest BCUT2D eigenvalue weighted by atomic mass is 19.1. The van der Waals surface area contributed by atoms with E-state index in [4.69, 9.17) is 4.74 Å². The second-order valence-electron chi connectivity index (χ2n) is 7.48. The van der Waals surface area contributed by atoms with Gasteiger partial charge in [0.25, 0.3) is 11.8 Å². The van der Waals surface area contributed by atoms with Gasteiger partial charge in [-0.1, -0.05) is 36.4 Å². The lowest BCUT2D eigenvalue weighted by Gasteiger charge is -2.16. The Morgan fingerprint density at radius 1 is 0.906 bits per heavy atom. The fraction of sp³-hybridized carbons (Fsp3) is 0.154. The van der Waals surface area contributed by atoms with Crippen molar-refractivity contribution in [2.45, 2.75) is 20.8 Å². The second-order valence-corrected chi connectivity index (χ2v) is 7.48. The molecule has 1 aliphatic heterocycles. The van der Waals surface area contributed by atoms with E-state index in [1.165, 1.54) is 18.2 Å². The number of para-hydroxylation sites is 1. The van der Waals surface area contributed by atoms with Gasteiger partial charge in [0.1, 0.15) is 17.3 Å². The van der Waals surface area contributed by atoms with Crippen LogP contribution in [0.5, 0.6) is 5.75 Å². The normalized spacial score (nSPS) is 13.7. The number of rotatable bonds is 6. The van der Waals surface area contributed by atoms with Crippen LogP contribution in [0.3, 0.4) is 0 Å². The minimum atomic E-state index is -0.645. The first-order valence-electron chi connectivity index (χ1n) is 10.4. The number of hydrogen-bond acceptors (Lipinski definition) is 4. The summed E-state index contributed by atoms with van der Waals surface area (Å²) >= 11 is 0. The van der Waals surface area contributed by atoms with E-state index in [2.05, 4.69) is 5.32 Å². The summed E-state index contributed by atoms with van der Waals surface area (Å²) in [5.74, 6) is -1.18. The first kappa shape index (κ1) is 21.3. The van der Waals surface area contributed by atoms with Crippen molar-refractivity contribution >= 4 is 28.8 Å². The Bertz CT molecular complexity index is 1230. The number of carbonyl (C=O) groups is 2. The summed E-state index contributed by atoms with van der Waals surface area (Å²) in [5.41, 5.74) is 3.46. The molecule has 0 aliphatic carbocycles. The van der Waals surface area contributed by atoms with Crippen molar-refractivity contribution in [2.75, 3.05) is 16.8 Å². The summed E-state index contributed by atoms with van der Waals surface area (Å²) in [7, 11) is 0. The average molecular weight is 430 g/mol. The molecular formula is C26H23FN2O3. The summed E-state index contributed by atoms with van der Waals surface area (Å²) in [5, 5.41) is 3.15. The summed E-state index contributed by atoms with van der Waals surface area (Å²) in [6.07, 6.45) is 0. The smallest absolute Gasteiger partial charge is 0.282 e. The molecule has 3 aromatic rings. The molecule has 0 radical (unpaired) electrons. The topological polar surface area (TPSA) is 58.6 Å². The van der Waals surface area contributed by atoms with Gasteiger partial charge in [-0.15, -0.1) is 0 Å². The Labute approximate surface area is 186 Å². The highest BCUT2D eigenvalue weighted by Crippen LogP contribution is 2.36. The molecule has 0 atom stereocenters. The number of benzene rings is 3. The zero-order valence-corrected chi connectivity index (χ0v) is 18.1. The molecule has 0 saturated carbocycles. The van der Waals surface area contributed by atoms with E-state index in [1.54, 1.807) is 30.3 Å². The van der Waals surface area contributed by atoms with Crippen LogP contribution in [0.25, 0.3) is 5.57 Å². The van der Waals surface area contributed by atoms with Crippen LogP contribution in [0.15, 0.2) is 72.4 Å². The summed E-state index contributed by atoms with van der Waals surface area (Å²) in [4.78, 5) is 27.7. The van der Waals surface area contributed by atoms with Gasteiger partial charge in [-0.05, 0) is 67.8 Å². The number of ether oxygens (including phenoxy) is 1. The van der Waals surface area contributed by atoms with Gasteiger partial charge < -0.3 is 10.1 Å². The van der Waals surface area contributed by atoms with E-state index < -0.39 is 17.6 Å². The third-order valence-corrected chi connectivity index (χ3v) is 5.50. The van der Waals surface area contributed by atoms with Crippen LogP contribution in [0.4, 0.5) is 15.8 Å². The minimum Gasteiger partial charge on any atom is -0.494 e. The molecule has 0 bridgehead atoms. The SMILES string of the molecule is CCOc1ccc(C2=C(Nc3cccc(C)c3C)C(=O)N(c3ccccc3F)C2=O)cc1. The quantitative estimate of drug-likeness (QED) is 0.544. The van der Waals surface area contributed by atoms with E-state index in [1.807, 2.05) is 39.0 Å². The molecule has 4 rings (SSSR count). The highest BCUT2D eigenvalue weighted by molar-refractivity contribution is 6.46. The van der Waals surface area contributed by atoms with E-state index >= 15 is 0 Å². The third kappa shape index (κ3) is 3.75. The highest BCUT2D eigenvalue weighted by Gasteiger charge is 2.41. The summed E-state index contributed by atoms with van der Waals surface area (Å²) < 4.78 is 20.0. The van der Waals surface area contributed by atoms with Crippen LogP contribution in [0, 0.1) is 19.7 Å². The van der Waals surface area contributed by atoms with Gasteiger partial charge in [-0.25, -0.2) is 9.29 Å².